The minimum atomic E-state index is -0.206. The van der Waals surface area contributed by atoms with Crippen molar-refractivity contribution < 1.29 is 14.7 Å². The number of benzene rings is 1. The van der Waals surface area contributed by atoms with Gasteiger partial charge in [0.1, 0.15) is 0 Å². The highest BCUT2D eigenvalue weighted by molar-refractivity contribution is 5.84. The quantitative estimate of drug-likeness (QED) is 0.763. The number of carbonyl (C=O) groups excluding carboxylic acids is 2. The second-order valence-corrected chi connectivity index (χ2v) is 4.80. The molecule has 0 spiro atoms. The number of hydrogen-bond acceptors (Lipinski definition) is 3. The van der Waals surface area contributed by atoms with Crippen LogP contribution in [0.5, 0.6) is 0 Å². The molecule has 0 radical (unpaired) electrons. The molecular formula is C15H22N2O3. The number of likely N-dealkylation sites (N-methyl/N-ethyl adjacent to an activating group) is 1. The lowest BCUT2D eigenvalue weighted by molar-refractivity contribution is -0.132. The number of amides is 2. The fourth-order valence-electron chi connectivity index (χ4n) is 1.68. The van der Waals surface area contributed by atoms with Crippen molar-refractivity contribution in [1.82, 2.24) is 10.2 Å². The highest BCUT2D eigenvalue weighted by Gasteiger charge is 2.09. The molecular weight excluding hydrogens is 256 g/mol. The fourth-order valence-corrected chi connectivity index (χ4v) is 1.68. The van der Waals surface area contributed by atoms with Crippen LogP contribution in [0.4, 0.5) is 0 Å². The molecule has 0 saturated heterocycles. The van der Waals surface area contributed by atoms with Crippen LogP contribution < -0.4 is 5.32 Å². The zero-order chi connectivity index (χ0) is 15.0. The monoisotopic (exact) mass is 278 g/mol. The van der Waals surface area contributed by atoms with Crippen LogP contribution in [0.1, 0.15) is 17.5 Å². The summed E-state index contributed by atoms with van der Waals surface area (Å²) < 4.78 is 0. The molecule has 1 aromatic carbocycles. The van der Waals surface area contributed by atoms with Crippen molar-refractivity contribution in [1.29, 1.82) is 0 Å². The Morgan fingerprint density at radius 2 is 1.90 bits per heavy atom. The summed E-state index contributed by atoms with van der Waals surface area (Å²) in [5, 5.41) is 11.3. The maximum absolute atomic E-state index is 11.6. The second kappa shape index (κ2) is 8.32. The van der Waals surface area contributed by atoms with E-state index in [1.54, 1.807) is 7.05 Å². The van der Waals surface area contributed by atoms with Gasteiger partial charge in [-0.3, -0.25) is 9.59 Å². The molecule has 0 saturated carbocycles. The average Bonchev–Trinajstić information content (AvgIpc) is 2.44. The topological polar surface area (TPSA) is 69.6 Å². The van der Waals surface area contributed by atoms with E-state index in [9.17, 15) is 9.59 Å². The molecule has 0 aliphatic heterocycles. The van der Waals surface area contributed by atoms with Gasteiger partial charge in [-0.05, 0) is 18.9 Å². The predicted molar refractivity (Wildman–Crippen MR) is 77.2 cm³/mol. The Labute approximate surface area is 119 Å². The number of nitrogens with zero attached hydrogens (tertiary/aromatic N) is 1. The van der Waals surface area contributed by atoms with Crippen molar-refractivity contribution in [3.63, 3.8) is 0 Å². The maximum Gasteiger partial charge on any atom is 0.241 e. The fraction of sp³-hybridized carbons (Fsp3) is 0.467. The predicted octanol–water partition coefficient (Wildman–Crippen LogP) is 0.495. The summed E-state index contributed by atoms with van der Waals surface area (Å²) in [5.74, 6) is -0.348. The van der Waals surface area contributed by atoms with Crippen molar-refractivity contribution in [2.24, 2.45) is 0 Å². The first-order valence-electron chi connectivity index (χ1n) is 6.70. The van der Waals surface area contributed by atoms with Crippen LogP contribution in [-0.4, -0.2) is 48.6 Å². The number of carbonyl (C=O) groups is 2. The molecule has 0 heterocycles. The van der Waals surface area contributed by atoms with Gasteiger partial charge in [-0.15, -0.1) is 0 Å². The number of hydrogen-bond donors (Lipinski definition) is 2. The first-order valence-corrected chi connectivity index (χ1v) is 6.70. The van der Waals surface area contributed by atoms with Gasteiger partial charge in [0.15, 0.2) is 0 Å². The maximum atomic E-state index is 11.6. The molecule has 2 N–H and O–H groups in total. The first-order chi connectivity index (χ1) is 9.52. The Hall–Kier alpha value is -1.88. The van der Waals surface area contributed by atoms with Gasteiger partial charge in [0.2, 0.25) is 11.8 Å². The molecule has 1 rings (SSSR count). The van der Waals surface area contributed by atoms with E-state index in [1.165, 1.54) is 10.5 Å². The molecule has 1 aromatic rings. The van der Waals surface area contributed by atoms with Gasteiger partial charge in [-0.2, -0.15) is 0 Å². The standard InChI is InChI=1S/C15H22N2O3/c1-12-3-5-13(6-4-12)7-8-14(19)16-11-15(20)17(2)9-10-18/h3-6,18H,7-11H2,1-2H3,(H,16,19). The molecule has 0 atom stereocenters. The van der Waals surface area contributed by atoms with Crippen LogP contribution in [0.3, 0.4) is 0 Å². The molecule has 5 nitrogen and oxygen atoms in total. The highest BCUT2D eigenvalue weighted by Crippen LogP contribution is 2.05. The van der Waals surface area contributed by atoms with E-state index in [0.717, 1.165) is 5.56 Å². The van der Waals surface area contributed by atoms with E-state index >= 15 is 0 Å². The summed E-state index contributed by atoms with van der Waals surface area (Å²) in [6.45, 7) is 2.19. The van der Waals surface area contributed by atoms with Crippen LogP contribution in [-0.2, 0) is 16.0 Å². The summed E-state index contributed by atoms with van der Waals surface area (Å²) in [6.07, 6.45) is 1.02. The van der Waals surface area contributed by atoms with E-state index in [4.69, 9.17) is 5.11 Å². The van der Waals surface area contributed by atoms with Crippen LogP contribution in [0.2, 0.25) is 0 Å². The van der Waals surface area contributed by atoms with Gasteiger partial charge in [-0.1, -0.05) is 29.8 Å². The molecule has 0 aliphatic carbocycles. The molecule has 110 valence electrons. The summed E-state index contributed by atoms with van der Waals surface area (Å²) in [6, 6.07) is 8.03. The van der Waals surface area contributed by atoms with E-state index in [1.807, 2.05) is 31.2 Å². The van der Waals surface area contributed by atoms with Crippen molar-refractivity contribution >= 4 is 11.8 Å². The van der Waals surface area contributed by atoms with Gasteiger partial charge in [0.05, 0.1) is 13.2 Å². The third-order valence-corrected chi connectivity index (χ3v) is 3.06. The summed E-state index contributed by atoms with van der Waals surface area (Å²) in [5.41, 5.74) is 2.30. The van der Waals surface area contributed by atoms with Crippen LogP contribution in [0, 0.1) is 6.92 Å². The zero-order valence-corrected chi connectivity index (χ0v) is 12.1. The molecule has 0 aliphatic rings. The highest BCUT2D eigenvalue weighted by atomic mass is 16.3. The third kappa shape index (κ3) is 5.84. The first kappa shape index (κ1) is 16.2. The molecule has 2 amide bonds. The van der Waals surface area contributed by atoms with Crippen molar-refractivity contribution in [2.45, 2.75) is 19.8 Å². The SMILES string of the molecule is Cc1ccc(CCC(=O)NCC(=O)N(C)CCO)cc1. The van der Waals surface area contributed by atoms with Crippen molar-refractivity contribution in [2.75, 3.05) is 26.7 Å². The van der Waals surface area contributed by atoms with E-state index in [-0.39, 0.29) is 31.5 Å². The Balaban J connectivity index is 2.27. The van der Waals surface area contributed by atoms with Crippen LogP contribution in [0.25, 0.3) is 0 Å². The average molecular weight is 278 g/mol. The zero-order valence-electron chi connectivity index (χ0n) is 12.1. The minimum Gasteiger partial charge on any atom is -0.395 e. The van der Waals surface area contributed by atoms with E-state index in [0.29, 0.717) is 12.8 Å². The van der Waals surface area contributed by atoms with Gasteiger partial charge >= 0.3 is 0 Å². The second-order valence-electron chi connectivity index (χ2n) is 4.80. The van der Waals surface area contributed by atoms with Crippen molar-refractivity contribution in [3.8, 4) is 0 Å². The number of nitrogens with one attached hydrogen (secondary N) is 1. The molecule has 0 bridgehead atoms. The Kier molecular flexibility index (Phi) is 6.73. The van der Waals surface area contributed by atoms with Crippen LogP contribution in [0.15, 0.2) is 24.3 Å². The molecule has 0 fully saturated rings. The molecule has 5 heteroatoms. The third-order valence-electron chi connectivity index (χ3n) is 3.06. The Bertz CT molecular complexity index is 443. The number of aliphatic hydroxyl groups is 1. The normalized spacial score (nSPS) is 10.2. The lowest BCUT2D eigenvalue weighted by atomic mass is 10.1. The Morgan fingerprint density at radius 3 is 2.50 bits per heavy atom. The molecule has 0 unspecified atom stereocenters. The minimum absolute atomic E-state index is 0.0246. The van der Waals surface area contributed by atoms with Crippen molar-refractivity contribution in [3.05, 3.63) is 35.4 Å². The number of rotatable bonds is 7. The number of aliphatic hydroxyl groups excluding tert-OH is 1. The lowest BCUT2D eigenvalue weighted by Crippen LogP contribution is -2.39. The summed E-state index contributed by atoms with van der Waals surface area (Å²) in [4.78, 5) is 24.6. The summed E-state index contributed by atoms with van der Waals surface area (Å²) >= 11 is 0. The van der Waals surface area contributed by atoms with E-state index < -0.39 is 0 Å². The van der Waals surface area contributed by atoms with Crippen LogP contribution >= 0.6 is 0 Å². The summed E-state index contributed by atoms with van der Waals surface area (Å²) in [7, 11) is 1.59. The largest absolute Gasteiger partial charge is 0.395 e. The number of aryl methyl sites for hydroxylation is 2. The smallest absolute Gasteiger partial charge is 0.241 e. The van der Waals surface area contributed by atoms with Gasteiger partial charge in [-0.25, -0.2) is 0 Å². The van der Waals surface area contributed by atoms with Gasteiger partial charge in [0.25, 0.3) is 0 Å². The van der Waals surface area contributed by atoms with Gasteiger partial charge in [0, 0.05) is 20.0 Å². The molecule has 0 aromatic heterocycles. The lowest BCUT2D eigenvalue weighted by Gasteiger charge is -2.15. The van der Waals surface area contributed by atoms with E-state index in [2.05, 4.69) is 5.32 Å². The molecule has 20 heavy (non-hydrogen) atoms. The Morgan fingerprint density at radius 1 is 1.25 bits per heavy atom. The van der Waals surface area contributed by atoms with Gasteiger partial charge < -0.3 is 15.3 Å².